The summed E-state index contributed by atoms with van der Waals surface area (Å²) >= 11 is 0. The number of aromatic nitrogens is 1. The second kappa shape index (κ2) is 7.41. The van der Waals surface area contributed by atoms with Gasteiger partial charge in [0.1, 0.15) is 22.8 Å². The first-order chi connectivity index (χ1) is 12.9. The summed E-state index contributed by atoms with van der Waals surface area (Å²) in [5.74, 6) is -3.45. The number of aromatic amines is 1. The van der Waals surface area contributed by atoms with Gasteiger partial charge in [0.15, 0.2) is 5.78 Å². The van der Waals surface area contributed by atoms with Gasteiger partial charge in [-0.15, -0.1) is 0 Å². The number of esters is 1. The van der Waals surface area contributed by atoms with Crippen molar-refractivity contribution in [1.29, 1.82) is 0 Å². The van der Waals surface area contributed by atoms with Gasteiger partial charge in [-0.3, -0.25) is 9.59 Å². The first-order valence-corrected chi connectivity index (χ1v) is 8.31. The Hall–Kier alpha value is -3.48. The predicted octanol–water partition coefficient (Wildman–Crippen LogP) is 2.89. The number of phenols is 3. The minimum absolute atomic E-state index is 0.252. The molecule has 0 unspecified atom stereocenters. The summed E-state index contributed by atoms with van der Waals surface area (Å²) in [5.41, 5.74) is 1.44. The first-order valence-electron chi connectivity index (χ1n) is 8.31. The van der Waals surface area contributed by atoms with Crippen molar-refractivity contribution in [3.63, 3.8) is 0 Å². The predicted molar refractivity (Wildman–Crippen MR) is 97.9 cm³/mol. The molecule has 0 radical (unpaired) electrons. The number of rotatable bonds is 6. The van der Waals surface area contributed by atoms with Crippen molar-refractivity contribution >= 4 is 22.7 Å². The van der Waals surface area contributed by atoms with Gasteiger partial charge in [0.25, 0.3) is 0 Å². The molecule has 3 aromatic rings. The van der Waals surface area contributed by atoms with Crippen LogP contribution >= 0.6 is 0 Å². The molecular weight excluding hydrogens is 350 g/mol. The molecule has 0 saturated carbocycles. The van der Waals surface area contributed by atoms with E-state index in [4.69, 9.17) is 4.74 Å². The Morgan fingerprint density at radius 1 is 1.11 bits per heavy atom. The number of methoxy groups -OCH3 is 1. The van der Waals surface area contributed by atoms with Gasteiger partial charge in [0.05, 0.1) is 13.0 Å². The molecule has 27 heavy (non-hydrogen) atoms. The number of hydrogen-bond donors (Lipinski definition) is 4. The lowest BCUT2D eigenvalue weighted by Crippen LogP contribution is -2.22. The second-order valence-corrected chi connectivity index (χ2v) is 6.27. The van der Waals surface area contributed by atoms with Gasteiger partial charge < -0.3 is 25.0 Å². The van der Waals surface area contributed by atoms with E-state index in [1.165, 1.54) is 7.11 Å². The van der Waals surface area contributed by atoms with Crippen LogP contribution in [0.3, 0.4) is 0 Å². The summed E-state index contributed by atoms with van der Waals surface area (Å²) in [5, 5.41) is 30.1. The smallest absolute Gasteiger partial charge is 0.309 e. The molecule has 7 nitrogen and oxygen atoms in total. The van der Waals surface area contributed by atoms with Crippen molar-refractivity contribution in [3.05, 3.63) is 53.7 Å². The van der Waals surface area contributed by atoms with Gasteiger partial charge in [0.2, 0.25) is 0 Å². The Balaban J connectivity index is 1.88. The number of ketones is 1. The Labute approximate surface area is 154 Å². The number of carbonyl (C=O) groups excluding carboxylic acids is 2. The fraction of sp³-hybridized carbons (Fsp3) is 0.200. The third kappa shape index (κ3) is 3.72. The van der Waals surface area contributed by atoms with Crippen LogP contribution in [0, 0.1) is 5.92 Å². The molecule has 0 amide bonds. The third-order valence-electron chi connectivity index (χ3n) is 4.47. The summed E-state index contributed by atoms with van der Waals surface area (Å²) < 4.78 is 4.82. The minimum atomic E-state index is -0.797. The lowest BCUT2D eigenvalue weighted by atomic mass is 9.91. The molecule has 1 atom stereocenters. The van der Waals surface area contributed by atoms with E-state index in [0.717, 1.165) is 28.6 Å². The van der Waals surface area contributed by atoms with Crippen molar-refractivity contribution in [3.8, 4) is 17.2 Å². The molecule has 1 aromatic heterocycles. The number of fused-ring (bicyclic) bond motifs is 1. The average Bonchev–Trinajstić information content (AvgIpc) is 3.02. The number of hydrogen-bond acceptors (Lipinski definition) is 6. The van der Waals surface area contributed by atoms with Gasteiger partial charge in [0, 0.05) is 35.7 Å². The molecule has 0 bridgehead atoms. The highest BCUT2D eigenvalue weighted by Gasteiger charge is 2.27. The Kier molecular flexibility index (Phi) is 5.03. The number of phenolic OH excluding ortho intramolecular Hbond substituents is 3. The number of carbonyl (C=O) groups is 2. The third-order valence-corrected chi connectivity index (χ3v) is 4.47. The Morgan fingerprint density at radius 3 is 2.44 bits per heavy atom. The topological polar surface area (TPSA) is 120 Å². The van der Waals surface area contributed by atoms with Crippen molar-refractivity contribution < 1.29 is 29.6 Å². The molecule has 0 spiro atoms. The number of Topliss-reactive ketones (excluding diaryl/α,β-unsaturated/α-hetero) is 1. The average molecular weight is 369 g/mol. The maximum Gasteiger partial charge on any atom is 0.309 e. The van der Waals surface area contributed by atoms with Crippen LogP contribution in [0.1, 0.15) is 22.3 Å². The largest absolute Gasteiger partial charge is 0.508 e. The molecular formula is C20H19NO6. The van der Waals surface area contributed by atoms with Crippen LogP contribution in [-0.4, -0.2) is 39.2 Å². The summed E-state index contributed by atoms with van der Waals surface area (Å²) in [7, 11) is 1.24. The van der Waals surface area contributed by atoms with E-state index in [0.29, 0.717) is 0 Å². The quantitative estimate of drug-likeness (QED) is 0.392. The summed E-state index contributed by atoms with van der Waals surface area (Å²) in [4.78, 5) is 27.9. The molecule has 2 aromatic carbocycles. The van der Waals surface area contributed by atoms with Gasteiger partial charge in [-0.25, -0.2) is 0 Å². The normalized spacial score (nSPS) is 12.0. The van der Waals surface area contributed by atoms with Crippen molar-refractivity contribution in [2.75, 3.05) is 7.11 Å². The highest BCUT2D eigenvalue weighted by atomic mass is 16.5. The van der Waals surface area contributed by atoms with Crippen LogP contribution in [0.15, 0.2) is 42.6 Å². The van der Waals surface area contributed by atoms with Crippen molar-refractivity contribution in [2.45, 2.75) is 12.8 Å². The van der Waals surface area contributed by atoms with Gasteiger partial charge >= 0.3 is 5.97 Å². The number of para-hydroxylation sites is 1. The molecule has 0 fully saturated rings. The molecule has 0 aliphatic rings. The highest BCUT2D eigenvalue weighted by molar-refractivity contribution is 6.03. The zero-order valence-electron chi connectivity index (χ0n) is 14.6. The number of benzene rings is 2. The number of ether oxygens (including phenoxy) is 1. The second-order valence-electron chi connectivity index (χ2n) is 6.27. The highest BCUT2D eigenvalue weighted by Crippen LogP contribution is 2.34. The van der Waals surface area contributed by atoms with Crippen LogP contribution in [0.4, 0.5) is 0 Å². The zero-order chi connectivity index (χ0) is 19.6. The van der Waals surface area contributed by atoms with Gasteiger partial charge in [-0.1, -0.05) is 18.2 Å². The number of nitrogens with one attached hydrogen (secondary N) is 1. The van der Waals surface area contributed by atoms with Crippen molar-refractivity contribution in [1.82, 2.24) is 4.98 Å². The van der Waals surface area contributed by atoms with Gasteiger partial charge in [-0.2, -0.15) is 0 Å². The zero-order valence-corrected chi connectivity index (χ0v) is 14.6. The number of aromatic hydroxyl groups is 3. The van der Waals surface area contributed by atoms with E-state index >= 15 is 0 Å². The molecule has 140 valence electrons. The molecule has 0 aliphatic heterocycles. The maximum absolute atomic E-state index is 12.6. The van der Waals surface area contributed by atoms with E-state index in [1.807, 2.05) is 24.3 Å². The van der Waals surface area contributed by atoms with Gasteiger partial charge in [-0.05, 0) is 18.1 Å². The lowest BCUT2D eigenvalue weighted by Gasteiger charge is -2.15. The minimum Gasteiger partial charge on any atom is -0.508 e. The molecule has 4 N–H and O–H groups in total. The molecule has 1 heterocycles. The van der Waals surface area contributed by atoms with Crippen LogP contribution in [0.25, 0.3) is 10.9 Å². The van der Waals surface area contributed by atoms with Crippen LogP contribution < -0.4 is 0 Å². The summed E-state index contributed by atoms with van der Waals surface area (Å²) in [6, 6.07) is 9.50. The van der Waals surface area contributed by atoms with Crippen LogP contribution in [-0.2, 0) is 16.0 Å². The van der Waals surface area contributed by atoms with E-state index in [-0.39, 0.29) is 24.2 Å². The van der Waals surface area contributed by atoms with E-state index in [1.54, 1.807) is 6.20 Å². The first kappa shape index (κ1) is 18.3. The van der Waals surface area contributed by atoms with Crippen LogP contribution in [0.2, 0.25) is 0 Å². The van der Waals surface area contributed by atoms with E-state index in [9.17, 15) is 24.9 Å². The Bertz CT molecular complexity index is 984. The monoisotopic (exact) mass is 369 g/mol. The molecule has 3 rings (SSSR count). The summed E-state index contributed by atoms with van der Waals surface area (Å²) in [6.07, 6.45) is 1.76. The fourth-order valence-electron chi connectivity index (χ4n) is 3.18. The lowest BCUT2D eigenvalue weighted by molar-refractivity contribution is -0.145. The molecule has 7 heteroatoms. The Morgan fingerprint density at radius 2 is 1.78 bits per heavy atom. The van der Waals surface area contributed by atoms with Crippen LogP contribution in [0.5, 0.6) is 17.2 Å². The van der Waals surface area contributed by atoms with Crippen molar-refractivity contribution in [2.24, 2.45) is 5.92 Å². The maximum atomic E-state index is 12.6. The molecule has 0 aliphatic carbocycles. The SMILES string of the molecule is COC(=O)[C@@H](CC(=O)c1c(O)cc(O)cc1O)Cc1c[nH]c2ccccc12. The number of H-pyrrole nitrogens is 1. The van der Waals surface area contributed by atoms with E-state index in [2.05, 4.69) is 4.98 Å². The molecule has 0 saturated heterocycles. The standard InChI is InChI=1S/C20H19NO6/c1-27-20(26)11(6-12-10-21-15-5-3-2-4-14(12)15)7-16(23)19-17(24)8-13(22)9-18(19)25/h2-5,8-11,21-22,24-25H,6-7H2,1H3/t11-/m1/s1. The van der Waals surface area contributed by atoms with E-state index < -0.39 is 29.2 Å². The summed E-state index contributed by atoms with van der Waals surface area (Å²) in [6.45, 7) is 0. The fourth-order valence-corrected chi connectivity index (χ4v) is 3.18.